The van der Waals surface area contributed by atoms with Crippen molar-refractivity contribution in [2.75, 3.05) is 11.9 Å². The third-order valence-corrected chi connectivity index (χ3v) is 5.30. The number of nitro groups is 2. The summed E-state index contributed by atoms with van der Waals surface area (Å²) in [6.07, 6.45) is 1.39. The lowest BCUT2D eigenvalue weighted by Crippen LogP contribution is -2.34. The van der Waals surface area contributed by atoms with Gasteiger partial charge in [-0.3, -0.25) is 30.3 Å². The summed E-state index contributed by atoms with van der Waals surface area (Å²) < 4.78 is 26.3. The lowest BCUT2D eigenvalue weighted by Gasteiger charge is -2.10. The van der Waals surface area contributed by atoms with Gasteiger partial charge in [0, 0.05) is 24.4 Å². The highest BCUT2D eigenvalue weighted by atomic mass is 32.2. The molecule has 0 aliphatic heterocycles. The minimum atomic E-state index is -3.71. The minimum Gasteiger partial charge on any atom is -0.332 e. The predicted octanol–water partition coefficient (Wildman–Crippen LogP) is 2.09. The molecule has 12 nitrogen and oxygen atoms in total. The smallest absolute Gasteiger partial charge is 0.277 e. The molecule has 3 N–H and O–H groups in total. The normalized spacial score (nSPS) is 10.7. The predicted molar refractivity (Wildman–Crippen MR) is 115 cm³/mol. The summed E-state index contributed by atoms with van der Waals surface area (Å²) in [7, 11) is -3.71. The third kappa shape index (κ3) is 6.36. The molecule has 31 heavy (non-hydrogen) atoms. The van der Waals surface area contributed by atoms with E-state index in [4.69, 9.17) is 12.2 Å². The molecule has 0 saturated heterocycles. The summed E-state index contributed by atoms with van der Waals surface area (Å²) >= 11 is 4.99. The van der Waals surface area contributed by atoms with Crippen molar-refractivity contribution in [1.82, 2.24) is 10.0 Å². The summed E-state index contributed by atoms with van der Waals surface area (Å²) in [4.78, 5) is 32.4. The number of rotatable bonds is 8. The fraction of sp³-hybridized carbons (Fsp3) is 0.0588. The van der Waals surface area contributed by atoms with Crippen LogP contribution < -0.4 is 15.4 Å². The van der Waals surface area contributed by atoms with E-state index in [1.54, 1.807) is 0 Å². The molecule has 0 saturated carbocycles. The first kappa shape index (κ1) is 23.5. The first-order valence-corrected chi connectivity index (χ1v) is 10.2. The van der Waals surface area contributed by atoms with Gasteiger partial charge in [-0.1, -0.05) is 6.08 Å². The van der Waals surface area contributed by atoms with Gasteiger partial charge >= 0.3 is 0 Å². The Morgan fingerprint density at radius 3 is 2.10 bits per heavy atom. The summed E-state index contributed by atoms with van der Waals surface area (Å²) in [5.74, 6) is -0.905. The Morgan fingerprint density at radius 2 is 1.61 bits per heavy atom. The Labute approximate surface area is 181 Å². The highest BCUT2D eigenvalue weighted by molar-refractivity contribution is 7.89. The molecule has 0 aromatic heterocycles. The van der Waals surface area contributed by atoms with Crippen LogP contribution in [-0.4, -0.2) is 35.8 Å². The van der Waals surface area contributed by atoms with Gasteiger partial charge < -0.3 is 5.32 Å². The van der Waals surface area contributed by atoms with Crippen LogP contribution in [0, 0.1) is 20.2 Å². The van der Waals surface area contributed by atoms with Crippen LogP contribution in [0.1, 0.15) is 10.4 Å². The molecule has 2 aromatic rings. The number of hydrogen-bond acceptors (Lipinski definition) is 8. The Kier molecular flexibility index (Phi) is 7.47. The number of thiocarbonyl (C=S) groups is 1. The van der Waals surface area contributed by atoms with Crippen molar-refractivity contribution in [3.05, 3.63) is 80.9 Å². The summed E-state index contributed by atoms with van der Waals surface area (Å²) in [6, 6.07) is 7.90. The van der Waals surface area contributed by atoms with E-state index in [2.05, 4.69) is 21.9 Å². The fourth-order valence-corrected chi connectivity index (χ4v) is 3.45. The lowest BCUT2D eigenvalue weighted by atomic mass is 10.1. The number of anilines is 1. The number of benzene rings is 2. The molecule has 0 aliphatic carbocycles. The van der Waals surface area contributed by atoms with E-state index >= 15 is 0 Å². The van der Waals surface area contributed by atoms with E-state index in [1.807, 2.05) is 0 Å². The fourth-order valence-electron chi connectivity index (χ4n) is 2.24. The van der Waals surface area contributed by atoms with Gasteiger partial charge in [0.05, 0.1) is 26.4 Å². The van der Waals surface area contributed by atoms with Crippen LogP contribution in [0.4, 0.5) is 17.1 Å². The van der Waals surface area contributed by atoms with Crippen LogP contribution in [0.3, 0.4) is 0 Å². The zero-order valence-electron chi connectivity index (χ0n) is 15.6. The van der Waals surface area contributed by atoms with Crippen LogP contribution in [0.15, 0.2) is 60.0 Å². The number of carbonyl (C=O) groups excluding carboxylic acids is 1. The molecule has 162 valence electrons. The van der Waals surface area contributed by atoms with Gasteiger partial charge in [-0.2, -0.15) is 0 Å². The summed E-state index contributed by atoms with van der Waals surface area (Å²) in [5.41, 5.74) is -1.24. The Hall–Kier alpha value is -3.75. The van der Waals surface area contributed by atoms with Crippen molar-refractivity contribution in [1.29, 1.82) is 0 Å². The second kappa shape index (κ2) is 9.84. The van der Waals surface area contributed by atoms with Crippen LogP contribution in [0.25, 0.3) is 0 Å². The maximum absolute atomic E-state index is 12.3. The monoisotopic (exact) mass is 465 g/mol. The number of hydrogen-bond donors (Lipinski definition) is 3. The van der Waals surface area contributed by atoms with E-state index in [1.165, 1.54) is 30.3 Å². The van der Waals surface area contributed by atoms with Gasteiger partial charge in [-0.25, -0.2) is 13.1 Å². The highest BCUT2D eigenvalue weighted by Gasteiger charge is 2.20. The average Bonchev–Trinajstić information content (AvgIpc) is 2.72. The Bertz CT molecular complexity index is 1130. The first-order valence-electron chi connectivity index (χ1n) is 8.30. The standard InChI is InChI=1S/C17H15N5O7S2/c1-2-7-18-31(28,29)15-5-3-12(4-6-15)19-17(30)20-16(23)11-8-13(21(24)25)10-14(9-11)22(26)27/h2-6,8-10,18H,1,7H2,(H2,19,20,23,30). The molecule has 0 aliphatic rings. The maximum Gasteiger partial charge on any atom is 0.277 e. The van der Waals surface area contributed by atoms with E-state index in [0.717, 1.165) is 18.2 Å². The second-order valence-corrected chi connectivity index (χ2v) is 8.00. The Balaban J connectivity index is 2.11. The van der Waals surface area contributed by atoms with Crippen LogP contribution in [0.5, 0.6) is 0 Å². The minimum absolute atomic E-state index is 0.00115. The van der Waals surface area contributed by atoms with E-state index in [-0.39, 0.29) is 22.1 Å². The zero-order chi connectivity index (χ0) is 23.2. The van der Waals surface area contributed by atoms with Crippen LogP contribution in [-0.2, 0) is 10.0 Å². The quantitative estimate of drug-likeness (QED) is 0.228. The molecule has 0 spiro atoms. The van der Waals surface area contributed by atoms with Crippen molar-refractivity contribution in [3.63, 3.8) is 0 Å². The summed E-state index contributed by atoms with van der Waals surface area (Å²) in [6.45, 7) is 3.49. The van der Waals surface area contributed by atoms with Gasteiger partial charge in [-0.05, 0) is 36.5 Å². The van der Waals surface area contributed by atoms with E-state index < -0.39 is 37.2 Å². The number of amides is 1. The molecule has 0 fully saturated rings. The second-order valence-electron chi connectivity index (χ2n) is 5.83. The molecule has 0 atom stereocenters. The number of nitrogens with one attached hydrogen (secondary N) is 3. The van der Waals surface area contributed by atoms with Gasteiger partial charge in [-0.15, -0.1) is 6.58 Å². The highest BCUT2D eigenvalue weighted by Crippen LogP contribution is 2.22. The number of carbonyl (C=O) groups is 1. The number of non-ortho nitro benzene ring substituents is 2. The van der Waals surface area contributed by atoms with Crippen molar-refractivity contribution >= 4 is 50.3 Å². The van der Waals surface area contributed by atoms with Crippen molar-refractivity contribution in [2.45, 2.75) is 4.90 Å². The Morgan fingerprint density at radius 1 is 1.06 bits per heavy atom. The molecule has 2 rings (SSSR count). The third-order valence-electron chi connectivity index (χ3n) is 3.65. The topological polar surface area (TPSA) is 174 Å². The van der Waals surface area contributed by atoms with Gasteiger partial charge in [0.15, 0.2) is 5.11 Å². The SMILES string of the molecule is C=CCNS(=O)(=O)c1ccc(NC(=S)NC(=O)c2cc([N+](=O)[O-])cc([N+](=O)[O-])c2)cc1. The van der Waals surface area contributed by atoms with Crippen LogP contribution in [0.2, 0.25) is 0 Å². The van der Waals surface area contributed by atoms with Gasteiger partial charge in [0.2, 0.25) is 10.0 Å². The van der Waals surface area contributed by atoms with Crippen molar-refractivity contribution in [3.8, 4) is 0 Å². The zero-order valence-corrected chi connectivity index (χ0v) is 17.2. The molecule has 1 amide bonds. The molecule has 0 heterocycles. The van der Waals surface area contributed by atoms with Crippen molar-refractivity contribution < 1.29 is 23.1 Å². The lowest BCUT2D eigenvalue weighted by molar-refractivity contribution is -0.394. The molecule has 0 bridgehead atoms. The maximum atomic E-state index is 12.3. The van der Waals surface area contributed by atoms with Gasteiger partial charge in [0.25, 0.3) is 17.3 Å². The summed E-state index contributed by atoms with van der Waals surface area (Å²) in [5, 5.41) is 26.5. The molecule has 14 heteroatoms. The van der Waals surface area contributed by atoms with Crippen LogP contribution >= 0.6 is 12.2 Å². The number of nitrogens with zero attached hydrogens (tertiary/aromatic N) is 2. The largest absolute Gasteiger partial charge is 0.332 e. The molecule has 0 radical (unpaired) electrons. The first-order chi connectivity index (χ1) is 14.5. The molecular formula is C17H15N5O7S2. The van der Waals surface area contributed by atoms with Gasteiger partial charge in [0.1, 0.15) is 0 Å². The molecule has 2 aromatic carbocycles. The number of nitro benzene ring substituents is 2. The van der Waals surface area contributed by atoms with Crippen molar-refractivity contribution in [2.24, 2.45) is 0 Å². The molecule has 0 unspecified atom stereocenters. The molecular weight excluding hydrogens is 450 g/mol. The number of sulfonamides is 1. The van der Waals surface area contributed by atoms with E-state index in [9.17, 15) is 33.4 Å². The average molecular weight is 465 g/mol. The van der Waals surface area contributed by atoms with E-state index in [0.29, 0.717) is 5.69 Å².